The van der Waals surface area contributed by atoms with Gasteiger partial charge in [0.05, 0.1) is 20.8 Å². The van der Waals surface area contributed by atoms with Crippen LogP contribution in [-0.4, -0.2) is 105 Å². The molecule has 0 aliphatic carbocycles. The molecule has 3 atom stereocenters. The van der Waals surface area contributed by atoms with Gasteiger partial charge in [-0.2, -0.15) is 0 Å². The van der Waals surface area contributed by atoms with Crippen molar-refractivity contribution in [1.29, 1.82) is 0 Å². The number of hydrogen-bond acceptors (Lipinski definition) is 7. The first kappa shape index (κ1) is 29.1. The number of nitrogens with zero attached hydrogens (tertiary/aromatic N) is 3. The Morgan fingerprint density at radius 3 is 2.62 bits per heavy atom. The van der Waals surface area contributed by atoms with Crippen molar-refractivity contribution in [3.8, 4) is 11.5 Å². The van der Waals surface area contributed by atoms with Gasteiger partial charge in [0, 0.05) is 39.2 Å². The van der Waals surface area contributed by atoms with Gasteiger partial charge in [-0.25, -0.2) is 4.79 Å². The molecule has 10 nitrogen and oxygen atoms in total. The highest BCUT2D eigenvalue weighted by molar-refractivity contribution is 6.04. The largest absolute Gasteiger partial charge is 0.493 e. The Morgan fingerprint density at radius 2 is 1.85 bits per heavy atom. The van der Waals surface area contributed by atoms with Crippen LogP contribution < -0.4 is 14.8 Å². The Balaban J connectivity index is 1.30. The first-order chi connectivity index (χ1) is 18.9. The number of methoxy groups -OCH3 is 3. The third kappa shape index (κ3) is 7.22. The quantitative estimate of drug-likeness (QED) is 0.381. The molecule has 1 aromatic carbocycles. The fourth-order valence-electron chi connectivity index (χ4n) is 6.28. The van der Waals surface area contributed by atoms with Gasteiger partial charge in [0.25, 0.3) is 5.91 Å². The van der Waals surface area contributed by atoms with Crippen LogP contribution in [0, 0.1) is 5.92 Å². The van der Waals surface area contributed by atoms with Crippen molar-refractivity contribution in [3.63, 3.8) is 0 Å². The minimum absolute atomic E-state index is 0.0193. The van der Waals surface area contributed by atoms with Crippen LogP contribution in [0.4, 0.5) is 4.79 Å². The topological polar surface area (TPSA) is 101 Å². The molecular formula is C29H44N4O6. The zero-order valence-electron chi connectivity index (χ0n) is 23.7. The van der Waals surface area contributed by atoms with Gasteiger partial charge < -0.3 is 29.3 Å². The molecule has 4 rings (SSSR count). The molecule has 3 aliphatic rings. The molecule has 4 amide bonds. The Hall–Kier alpha value is -2.85. The molecule has 1 aromatic rings. The van der Waals surface area contributed by atoms with Crippen LogP contribution in [0.3, 0.4) is 0 Å². The fourth-order valence-corrected chi connectivity index (χ4v) is 6.28. The summed E-state index contributed by atoms with van der Waals surface area (Å²) < 4.78 is 15.9. The normalized spacial score (nSPS) is 23.4. The first-order valence-corrected chi connectivity index (χ1v) is 14.3. The smallest absolute Gasteiger partial charge is 0.324 e. The lowest BCUT2D eigenvalue weighted by Crippen LogP contribution is -2.52. The standard InChI is InChI=1S/C29H44N4O6/c1-37-18-17-32(20-22-7-6-15-31-14-5-4-8-24(22)31)27(34)12-10-23-28(35)33(29(36)30-23)16-13-21-9-11-25(38-2)26(19-21)39-3/h9,11,19,22-24H,4-8,10,12-18,20H2,1-3H3,(H,30,36)/t22-,23+,24-/m0/s1. The number of imide groups is 1. The van der Waals surface area contributed by atoms with Crippen LogP contribution in [0.15, 0.2) is 18.2 Å². The van der Waals surface area contributed by atoms with Gasteiger partial charge in [-0.3, -0.25) is 14.5 Å². The summed E-state index contributed by atoms with van der Waals surface area (Å²) in [5.41, 5.74) is 0.930. The number of carbonyl (C=O) groups is 3. The molecule has 0 radical (unpaired) electrons. The summed E-state index contributed by atoms with van der Waals surface area (Å²) in [7, 11) is 4.79. The van der Waals surface area contributed by atoms with Crippen molar-refractivity contribution in [2.75, 3.05) is 60.7 Å². The van der Waals surface area contributed by atoms with Gasteiger partial charge in [-0.1, -0.05) is 12.5 Å². The molecule has 216 valence electrons. The molecule has 39 heavy (non-hydrogen) atoms. The number of ether oxygens (including phenoxy) is 3. The lowest BCUT2D eigenvalue weighted by molar-refractivity contribution is -0.133. The Bertz CT molecular complexity index is 1000. The molecule has 3 heterocycles. The van der Waals surface area contributed by atoms with Gasteiger partial charge in [0.15, 0.2) is 11.5 Å². The number of hydrogen-bond donors (Lipinski definition) is 1. The van der Waals surface area contributed by atoms with E-state index in [2.05, 4.69) is 10.2 Å². The number of carbonyl (C=O) groups excluding carboxylic acids is 3. The summed E-state index contributed by atoms with van der Waals surface area (Å²) in [5, 5.41) is 2.78. The van der Waals surface area contributed by atoms with Crippen molar-refractivity contribution in [2.45, 2.75) is 63.5 Å². The van der Waals surface area contributed by atoms with E-state index in [1.807, 2.05) is 23.1 Å². The molecule has 0 bridgehead atoms. The van der Waals surface area contributed by atoms with Crippen LogP contribution in [0.1, 0.15) is 50.5 Å². The van der Waals surface area contributed by atoms with Crippen LogP contribution >= 0.6 is 0 Å². The fraction of sp³-hybridized carbons (Fsp3) is 0.690. The molecule has 3 aliphatic heterocycles. The molecule has 10 heteroatoms. The maximum atomic E-state index is 13.3. The van der Waals surface area contributed by atoms with E-state index in [4.69, 9.17) is 14.2 Å². The van der Waals surface area contributed by atoms with Crippen LogP contribution in [-0.2, 0) is 20.7 Å². The SMILES string of the molecule is COCCN(C[C@@H]1CCCN2CCCC[C@@H]12)C(=O)CC[C@H]1NC(=O)N(CCc2ccc(OC)c(OC)c2)C1=O. The summed E-state index contributed by atoms with van der Waals surface area (Å²) in [6, 6.07) is 5.02. The average Bonchev–Trinajstić information content (AvgIpc) is 3.24. The van der Waals surface area contributed by atoms with Crippen molar-refractivity contribution in [3.05, 3.63) is 23.8 Å². The molecule has 3 saturated heterocycles. The van der Waals surface area contributed by atoms with E-state index in [1.165, 1.54) is 43.7 Å². The van der Waals surface area contributed by atoms with Gasteiger partial charge in [0.1, 0.15) is 6.04 Å². The second kappa shape index (κ2) is 14.0. The van der Waals surface area contributed by atoms with E-state index in [9.17, 15) is 14.4 Å². The van der Waals surface area contributed by atoms with E-state index < -0.39 is 12.1 Å². The Kier molecular flexibility index (Phi) is 10.4. The van der Waals surface area contributed by atoms with Crippen molar-refractivity contribution < 1.29 is 28.6 Å². The number of piperidine rings is 2. The van der Waals surface area contributed by atoms with Crippen LogP contribution in [0.2, 0.25) is 0 Å². The molecule has 1 N–H and O–H groups in total. The van der Waals surface area contributed by atoms with Crippen molar-refractivity contribution in [1.82, 2.24) is 20.0 Å². The number of amides is 4. The molecule has 3 fully saturated rings. The zero-order chi connectivity index (χ0) is 27.8. The van der Waals surface area contributed by atoms with E-state index in [0.29, 0.717) is 49.5 Å². The Morgan fingerprint density at radius 1 is 1.05 bits per heavy atom. The molecule has 0 unspecified atom stereocenters. The first-order valence-electron chi connectivity index (χ1n) is 14.3. The van der Waals surface area contributed by atoms with E-state index in [1.54, 1.807) is 21.3 Å². The number of benzene rings is 1. The summed E-state index contributed by atoms with van der Waals surface area (Å²) in [4.78, 5) is 44.7. The molecule has 0 aromatic heterocycles. The third-order valence-electron chi connectivity index (χ3n) is 8.43. The van der Waals surface area contributed by atoms with E-state index >= 15 is 0 Å². The molecular weight excluding hydrogens is 500 g/mol. The monoisotopic (exact) mass is 544 g/mol. The maximum absolute atomic E-state index is 13.3. The van der Waals surface area contributed by atoms with Crippen LogP contribution in [0.5, 0.6) is 11.5 Å². The molecule has 0 saturated carbocycles. The second-order valence-corrected chi connectivity index (χ2v) is 10.8. The number of fused-ring (bicyclic) bond motifs is 1. The Labute approximate surface area is 231 Å². The molecule has 0 spiro atoms. The maximum Gasteiger partial charge on any atom is 0.324 e. The second-order valence-electron chi connectivity index (χ2n) is 10.8. The highest BCUT2D eigenvalue weighted by atomic mass is 16.5. The minimum atomic E-state index is -0.681. The predicted octanol–water partition coefficient (Wildman–Crippen LogP) is 2.69. The number of rotatable bonds is 13. The lowest BCUT2D eigenvalue weighted by Gasteiger charge is -2.45. The average molecular weight is 545 g/mol. The minimum Gasteiger partial charge on any atom is -0.493 e. The third-order valence-corrected chi connectivity index (χ3v) is 8.43. The highest BCUT2D eigenvalue weighted by Gasteiger charge is 2.38. The summed E-state index contributed by atoms with van der Waals surface area (Å²) >= 11 is 0. The zero-order valence-corrected chi connectivity index (χ0v) is 23.7. The van der Waals surface area contributed by atoms with E-state index in [-0.39, 0.29) is 24.8 Å². The highest BCUT2D eigenvalue weighted by Crippen LogP contribution is 2.32. The summed E-state index contributed by atoms with van der Waals surface area (Å²) in [6.45, 7) is 4.34. The summed E-state index contributed by atoms with van der Waals surface area (Å²) in [5.74, 6) is 1.44. The van der Waals surface area contributed by atoms with Gasteiger partial charge in [-0.05, 0) is 75.2 Å². The number of urea groups is 1. The predicted molar refractivity (Wildman–Crippen MR) is 147 cm³/mol. The summed E-state index contributed by atoms with van der Waals surface area (Å²) in [6.07, 6.45) is 7.05. The van der Waals surface area contributed by atoms with E-state index in [0.717, 1.165) is 18.5 Å². The van der Waals surface area contributed by atoms with Crippen LogP contribution in [0.25, 0.3) is 0 Å². The lowest BCUT2D eigenvalue weighted by atomic mass is 9.83. The van der Waals surface area contributed by atoms with Crippen molar-refractivity contribution >= 4 is 17.8 Å². The van der Waals surface area contributed by atoms with Crippen molar-refractivity contribution in [2.24, 2.45) is 5.92 Å². The van der Waals surface area contributed by atoms with Gasteiger partial charge in [-0.15, -0.1) is 0 Å². The van der Waals surface area contributed by atoms with Gasteiger partial charge in [0.2, 0.25) is 5.91 Å². The van der Waals surface area contributed by atoms with Gasteiger partial charge >= 0.3 is 6.03 Å². The number of nitrogens with one attached hydrogen (secondary N) is 1.